The van der Waals surface area contributed by atoms with Crippen LogP contribution in [0.5, 0.6) is 5.75 Å². The molecule has 1 atom stereocenters. The second-order valence-corrected chi connectivity index (χ2v) is 5.42. The van der Waals surface area contributed by atoms with E-state index in [-0.39, 0.29) is 0 Å². The monoisotopic (exact) mass is 305 g/mol. The summed E-state index contributed by atoms with van der Waals surface area (Å²) in [4.78, 5) is 0. The molecule has 0 saturated carbocycles. The first-order valence-corrected chi connectivity index (χ1v) is 7.52. The molecule has 3 aromatic rings. The Morgan fingerprint density at radius 2 is 1.52 bits per heavy atom. The lowest BCUT2D eigenvalue weighted by atomic mass is 10.0. The second-order valence-electron chi connectivity index (χ2n) is 5.42. The molecule has 3 rings (SSSR count). The Morgan fingerprint density at radius 1 is 0.826 bits per heavy atom. The summed E-state index contributed by atoms with van der Waals surface area (Å²) in [5.41, 5.74) is 9.07. The third kappa shape index (κ3) is 3.90. The predicted molar refractivity (Wildman–Crippen MR) is 92.1 cm³/mol. The van der Waals surface area contributed by atoms with E-state index in [0.717, 1.165) is 22.4 Å². The average Bonchev–Trinajstić information content (AvgIpc) is 2.60. The number of benzene rings is 3. The molecule has 3 N–H and O–H groups in total. The van der Waals surface area contributed by atoms with Crippen LogP contribution in [-0.4, -0.2) is 5.11 Å². The van der Waals surface area contributed by atoms with Crippen molar-refractivity contribution in [3.8, 4) is 5.75 Å². The second kappa shape index (κ2) is 6.99. The molecule has 0 bridgehead atoms. The van der Waals surface area contributed by atoms with Crippen molar-refractivity contribution in [3.63, 3.8) is 0 Å². The fourth-order valence-electron chi connectivity index (χ4n) is 2.44. The third-order valence-corrected chi connectivity index (χ3v) is 3.65. The highest BCUT2D eigenvalue weighted by Gasteiger charge is 2.11. The summed E-state index contributed by atoms with van der Waals surface area (Å²) in [7, 11) is 0. The van der Waals surface area contributed by atoms with Crippen molar-refractivity contribution >= 4 is 5.69 Å². The van der Waals surface area contributed by atoms with Crippen molar-refractivity contribution in [2.75, 3.05) is 5.73 Å². The van der Waals surface area contributed by atoms with Crippen molar-refractivity contribution in [3.05, 3.63) is 95.6 Å². The van der Waals surface area contributed by atoms with Crippen molar-refractivity contribution in [1.29, 1.82) is 0 Å². The Hall–Kier alpha value is -2.78. The van der Waals surface area contributed by atoms with Crippen LogP contribution < -0.4 is 10.5 Å². The van der Waals surface area contributed by atoms with E-state index in [9.17, 15) is 5.11 Å². The molecule has 0 heterocycles. The Bertz CT molecular complexity index is 771. The highest BCUT2D eigenvalue weighted by atomic mass is 16.5. The van der Waals surface area contributed by atoms with Gasteiger partial charge in [0.1, 0.15) is 18.5 Å². The molecule has 3 heteroatoms. The highest BCUT2D eigenvalue weighted by molar-refractivity contribution is 5.44. The van der Waals surface area contributed by atoms with E-state index in [2.05, 4.69) is 0 Å². The van der Waals surface area contributed by atoms with Gasteiger partial charge in [0.15, 0.2) is 0 Å². The summed E-state index contributed by atoms with van der Waals surface area (Å²) in [5.74, 6) is 0.731. The minimum absolute atomic E-state index is 0.499. The SMILES string of the molecule is Nc1cccc(C(O)c2cccc(OCc3ccccc3)c2)c1. The molecular weight excluding hydrogens is 286 g/mol. The first-order valence-electron chi connectivity index (χ1n) is 7.52. The summed E-state index contributed by atoms with van der Waals surface area (Å²) in [5, 5.41) is 10.5. The van der Waals surface area contributed by atoms with Gasteiger partial charge in [-0.3, -0.25) is 0 Å². The molecule has 0 aliphatic rings. The zero-order valence-corrected chi connectivity index (χ0v) is 12.7. The Labute approximate surface area is 136 Å². The van der Waals surface area contributed by atoms with E-state index in [1.165, 1.54) is 0 Å². The van der Waals surface area contributed by atoms with Crippen LogP contribution in [0.2, 0.25) is 0 Å². The van der Waals surface area contributed by atoms with Gasteiger partial charge in [-0.2, -0.15) is 0 Å². The van der Waals surface area contributed by atoms with E-state index in [4.69, 9.17) is 10.5 Å². The number of nitrogen functional groups attached to an aromatic ring is 1. The molecule has 3 aromatic carbocycles. The Morgan fingerprint density at radius 3 is 2.26 bits per heavy atom. The maximum atomic E-state index is 10.5. The fraction of sp³-hybridized carbons (Fsp3) is 0.100. The Balaban J connectivity index is 1.74. The number of rotatable bonds is 5. The number of nitrogens with two attached hydrogens (primary N) is 1. The summed E-state index contributed by atoms with van der Waals surface area (Å²) >= 11 is 0. The molecule has 116 valence electrons. The van der Waals surface area contributed by atoms with E-state index < -0.39 is 6.10 Å². The first-order chi connectivity index (χ1) is 11.2. The minimum atomic E-state index is -0.723. The van der Waals surface area contributed by atoms with E-state index in [1.54, 1.807) is 12.1 Å². The molecule has 0 saturated heterocycles. The smallest absolute Gasteiger partial charge is 0.120 e. The normalized spacial score (nSPS) is 11.9. The molecule has 0 radical (unpaired) electrons. The van der Waals surface area contributed by atoms with Crippen LogP contribution in [0.25, 0.3) is 0 Å². The van der Waals surface area contributed by atoms with Gasteiger partial charge in [0, 0.05) is 5.69 Å². The van der Waals surface area contributed by atoms with Gasteiger partial charge in [0.05, 0.1) is 0 Å². The number of hydrogen-bond acceptors (Lipinski definition) is 3. The Kier molecular flexibility index (Phi) is 4.60. The van der Waals surface area contributed by atoms with Crippen LogP contribution >= 0.6 is 0 Å². The summed E-state index contributed by atoms with van der Waals surface area (Å²) < 4.78 is 5.81. The molecule has 3 nitrogen and oxygen atoms in total. The standard InChI is InChI=1S/C20H19NO2/c21-18-10-4-8-16(12-18)20(22)17-9-5-11-19(13-17)23-14-15-6-2-1-3-7-15/h1-13,20,22H,14,21H2. The van der Waals surface area contributed by atoms with Crippen LogP contribution in [0.15, 0.2) is 78.9 Å². The van der Waals surface area contributed by atoms with E-state index in [1.807, 2.05) is 66.7 Å². The molecule has 0 aromatic heterocycles. The summed E-state index contributed by atoms with van der Waals surface area (Å²) in [6, 6.07) is 24.8. The largest absolute Gasteiger partial charge is 0.489 e. The van der Waals surface area contributed by atoms with Gasteiger partial charge >= 0.3 is 0 Å². The quantitative estimate of drug-likeness (QED) is 0.702. The number of aliphatic hydroxyl groups excluding tert-OH is 1. The van der Waals surface area contributed by atoms with Gasteiger partial charge in [-0.15, -0.1) is 0 Å². The number of anilines is 1. The third-order valence-electron chi connectivity index (χ3n) is 3.65. The van der Waals surface area contributed by atoms with Crippen LogP contribution in [-0.2, 0) is 6.61 Å². The van der Waals surface area contributed by atoms with Crippen LogP contribution in [0.4, 0.5) is 5.69 Å². The maximum absolute atomic E-state index is 10.5. The molecular formula is C20H19NO2. The van der Waals surface area contributed by atoms with Gasteiger partial charge in [0.25, 0.3) is 0 Å². The molecule has 1 unspecified atom stereocenters. The first kappa shape index (κ1) is 15.1. The molecule has 0 spiro atoms. The van der Waals surface area contributed by atoms with Crippen molar-refractivity contribution in [2.45, 2.75) is 12.7 Å². The van der Waals surface area contributed by atoms with Gasteiger partial charge in [0.2, 0.25) is 0 Å². The van der Waals surface area contributed by atoms with Crippen LogP contribution in [0.3, 0.4) is 0 Å². The minimum Gasteiger partial charge on any atom is -0.489 e. The number of aliphatic hydroxyl groups is 1. The predicted octanol–water partition coefficient (Wildman–Crippen LogP) is 3.93. The van der Waals surface area contributed by atoms with E-state index >= 15 is 0 Å². The van der Waals surface area contributed by atoms with Crippen molar-refractivity contribution < 1.29 is 9.84 Å². The van der Waals surface area contributed by atoms with Crippen LogP contribution in [0, 0.1) is 0 Å². The van der Waals surface area contributed by atoms with Crippen molar-refractivity contribution in [1.82, 2.24) is 0 Å². The van der Waals surface area contributed by atoms with Gasteiger partial charge < -0.3 is 15.6 Å². The van der Waals surface area contributed by atoms with Crippen LogP contribution in [0.1, 0.15) is 22.8 Å². The van der Waals surface area contributed by atoms with Crippen molar-refractivity contribution in [2.24, 2.45) is 0 Å². The zero-order chi connectivity index (χ0) is 16.1. The number of ether oxygens (including phenoxy) is 1. The topological polar surface area (TPSA) is 55.5 Å². The van der Waals surface area contributed by atoms with Gasteiger partial charge in [-0.1, -0.05) is 54.6 Å². The van der Waals surface area contributed by atoms with Gasteiger partial charge in [-0.05, 0) is 41.0 Å². The molecule has 0 aliphatic carbocycles. The molecule has 0 fully saturated rings. The zero-order valence-electron chi connectivity index (χ0n) is 12.7. The summed E-state index contributed by atoms with van der Waals surface area (Å²) in [6.07, 6.45) is -0.723. The summed E-state index contributed by atoms with van der Waals surface area (Å²) in [6.45, 7) is 0.499. The van der Waals surface area contributed by atoms with E-state index in [0.29, 0.717) is 12.3 Å². The molecule has 0 amide bonds. The lowest BCUT2D eigenvalue weighted by Crippen LogP contribution is -2.01. The maximum Gasteiger partial charge on any atom is 0.120 e. The number of hydrogen-bond donors (Lipinski definition) is 2. The molecule has 0 aliphatic heterocycles. The highest BCUT2D eigenvalue weighted by Crippen LogP contribution is 2.26. The van der Waals surface area contributed by atoms with Gasteiger partial charge in [-0.25, -0.2) is 0 Å². The molecule has 23 heavy (non-hydrogen) atoms. The fourth-order valence-corrected chi connectivity index (χ4v) is 2.44. The lowest BCUT2D eigenvalue weighted by molar-refractivity contribution is 0.219. The lowest BCUT2D eigenvalue weighted by Gasteiger charge is -2.14. The average molecular weight is 305 g/mol.